The molecule has 2 amide bonds. The quantitative estimate of drug-likeness (QED) is 0.254. The average molecular weight is 567 g/mol. The van der Waals surface area contributed by atoms with Crippen molar-refractivity contribution in [2.24, 2.45) is 5.92 Å². The van der Waals surface area contributed by atoms with Crippen LogP contribution in [0.5, 0.6) is 0 Å². The predicted octanol–water partition coefficient (Wildman–Crippen LogP) is 5.21. The van der Waals surface area contributed by atoms with Crippen molar-refractivity contribution in [2.75, 3.05) is 13.2 Å². The fourth-order valence-corrected chi connectivity index (χ4v) is 5.55. The van der Waals surface area contributed by atoms with Crippen LogP contribution in [0.15, 0.2) is 49.7 Å². The first kappa shape index (κ1) is 31.5. The SMILES string of the molecule is C=CCCCO[C@H](C(=O)N[C@@H](C)C(=O)N1CCC[C@@H](C(=O)SC(C)c2ccc3cnc(C=C)cc3c2)N1)C(C)C. The van der Waals surface area contributed by atoms with Crippen molar-refractivity contribution < 1.29 is 19.1 Å². The first-order valence-corrected chi connectivity index (χ1v) is 14.9. The van der Waals surface area contributed by atoms with E-state index in [1.165, 1.54) is 16.8 Å². The summed E-state index contributed by atoms with van der Waals surface area (Å²) in [5.74, 6) is -0.627. The Bertz CT molecular complexity index is 1220. The second-order valence-electron chi connectivity index (χ2n) is 10.5. The van der Waals surface area contributed by atoms with E-state index in [4.69, 9.17) is 4.74 Å². The topological polar surface area (TPSA) is 101 Å². The molecule has 0 bridgehead atoms. The number of nitrogens with zero attached hydrogens (tertiary/aromatic N) is 2. The van der Waals surface area contributed by atoms with Crippen LogP contribution in [-0.4, -0.2) is 58.3 Å². The normalized spacial score (nSPS) is 17.7. The van der Waals surface area contributed by atoms with E-state index in [0.717, 1.165) is 34.9 Å². The minimum absolute atomic E-state index is 0.0175. The Balaban J connectivity index is 1.56. The third-order valence-electron chi connectivity index (χ3n) is 6.92. The first-order chi connectivity index (χ1) is 19.1. The molecule has 1 aromatic heterocycles. The third kappa shape index (κ3) is 8.49. The predicted molar refractivity (Wildman–Crippen MR) is 162 cm³/mol. The minimum atomic E-state index is -0.758. The maximum atomic E-state index is 13.2. The van der Waals surface area contributed by atoms with Crippen molar-refractivity contribution in [2.45, 2.75) is 76.8 Å². The van der Waals surface area contributed by atoms with Crippen LogP contribution in [0.1, 0.15) is 69.9 Å². The van der Waals surface area contributed by atoms with Gasteiger partial charge in [0.1, 0.15) is 12.1 Å². The molecule has 1 saturated heterocycles. The van der Waals surface area contributed by atoms with Gasteiger partial charge >= 0.3 is 0 Å². The standard InChI is InChI=1S/C31H42N4O4S/c1-7-9-10-16-39-28(20(3)4)29(36)33-21(5)30(37)35-15-11-12-27(34-35)31(38)40-22(6)23-13-14-24-19-32-26(8-2)18-25(24)17-23/h7-8,13-14,17-22,27-28,34H,1-2,9-12,15-16H2,3-6H3,(H,33,36)/t21-,22?,27-,28-/m0/s1. The summed E-state index contributed by atoms with van der Waals surface area (Å²) < 4.78 is 5.80. The van der Waals surface area contributed by atoms with Gasteiger partial charge in [0.2, 0.25) is 11.0 Å². The molecule has 1 aliphatic heterocycles. The van der Waals surface area contributed by atoms with Crippen LogP contribution in [0.2, 0.25) is 0 Å². The number of hydrogen-bond donors (Lipinski definition) is 2. The van der Waals surface area contributed by atoms with E-state index in [-0.39, 0.29) is 28.1 Å². The largest absolute Gasteiger partial charge is 0.368 e. The van der Waals surface area contributed by atoms with Crippen LogP contribution in [0.4, 0.5) is 0 Å². The van der Waals surface area contributed by atoms with E-state index in [1.807, 2.05) is 51.2 Å². The molecule has 0 radical (unpaired) electrons. The zero-order valence-electron chi connectivity index (χ0n) is 24.0. The average Bonchev–Trinajstić information content (AvgIpc) is 2.95. The third-order valence-corrected chi connectivity index (χ3v) is 8.06. The van der Waals surface area contributed by atoms with Gasteiger partial charge in [0.25, 0.3) is 5.91 Å². The van der Waals surface area contributed by atoms with Gasteiger partial charge in [-0.15, -0.1) is 6.58 Å². The molecule has 3 rings (SSSR count). The summed E-state index contributed by atoms with van der Waals surface area (Å²) in [5.41, 5.74) is 4.96. The number of amides is 2. The summed E-state index contributed by atoms with van der Waals surface area (Å²) in [6.07, 6.45) is 7.64. The Morgan fingerprint density at radius 1 is 1.20 bits per heavy atom. The van der Waals surface area contributed by atoms with Gasteiger partial charge < -0.3 is 10.1 Å². The zero-order valence-corrected chi connectivity index (χ0v) is 24.8. The lowest BCUT2D eigenvalue weighted by Gasteiger charge is -2.35. The summed E-state index contributed by atoms with van der Waals surface area (Å²) in [7, 11) is 0. The summed E-state index contributed by atoms with van der Waals surface area (Å²) >= 11 is 1.26. The number of carbonyl (C=O) groups is 3. The zero-order chi connectivity index (χ0) is 29.2. The molecule has 216 valence electrons. The van der Waals surface area contributed by atoms with Crippen molar-refractivity contribution in [3.8, 4) is 0 Å². The number of nitrogens with one attached hydrogen (secondary N) is 2. The molecule has 0 aliphatic carbocycles. The molecule has 1 fully saturated rings. The van der Waals surface area contributed by atoms with Gasteiger partial charge in [-0.2, -0.15) is 0 Å². The van der Waals surface area contributed by atoms with Crippen LogP contribution >= 0.6 is 11.8 Å². The number of carbonyl (C=O) groups excluding carboxylic acids is 3. The van der Waals surface area contributed by atoms with Gasteiger partial charge in [-0.25, -0.2) is 5.43 Å². The molecular weight excluding hydrogens is 524 g/mol. The molecule has 9 heteroatoms. The van der Waals surface area contributed by atoms with E-state index >= 15 is 0 Å². The molecule has 4 atom stereocenters. The van der Waals surface area contributed by atoms with Crippen molar-refractivity contribution in [1.82, 2.24) is 20.7 Å². The van der Waals surface area contributed by atoms with E-state index in [9.17, 15) is 14.4 Å². The number of aromatic nitrogens is 1. The van der Waals surface area contributed by atoms with Gasteiger partial charge in [-0.3, -0.25) is 24.4 Å². The number of fused-ring (bicyclic) bond motifs is 1. The number of ether oxygens (including phenoxy) is 1. The molecule has 2 N–H and O–H groups in total. The highest BCUT2D eigenvalue weighted by molar-refractivity contribution is 8.13. The Hall–Kier alpha value is -3.01. The summed E-state index contributed by atoms with van der Waals surface area (Å²) in [6.45, 7) is 15.9. The van der Waals surface area contributed by atoms with Gasteiger partial charge in [-0.05, 0) is 74.6 Å². The van der Waals surface area contributed by atoms with Crippen LogP contribution in [0.25, 0.3) is 16.8 Å². The van der Waals surface area contributed by atoms with Crippen LogP contribution in [0.3, 0.4) is 0 Å². The minimum Gasteiger partial charge on any atom is -0.368 e. The van der Waals surface area contributed by atoms with Crippen LogP contribution in [0, 0.1) is 5.92 Å². The molecule has 0 saturated carbocycles. The molecule has 1 unspecified atom stereocenters. The number of unbranched alkanes of at least 4 members (excludes halogenated alkanes) is 1. The van der Waals surface area contributed by atoms with Crippen LogP contribution in [-0.2, 0) is 19.1 Å². The van der Waals surface area contributed by atoms with E-state index in [1.54, 1.807) is 13.0 Å². The molecule has 2 heterocycles. The summed E-state index contributed by atoms with van der Waals surface area (Å²) in [4.78, 5) is 43.6. The van der Waals surface area contributed by atoms with E-state index in [2.05, 4.69) is 35.0 Å². The number of allylic oxidation sites excluding steroid dienone is 1. The molecule has 1 aliphatic rings. The highest BCUT2D eigenvalue weighted by atomic mass is 32.2. The smallest absolute Gasteiger partial charge is 0.258 e. The van der Waals surface area contributed by atoms with E-state index in [0.29, 0.717) is 26.0 Å². The molecule has 0 spiro atoms. The van der Waals surface area contributed by atoms with Crippen molar-refractivity contribution in [3.63, 3.8) is 0 Å². The number of hydrogen-bond acceptors (Lipinski definition) is 7. The summed E-state index contributed by atoms with van der Waals surface area (Å²) in [5, 5.41) is 6.27. The fourth-order valence-electron chi connectivity index (χ4n) is 4.58. The first-order valence-electron chi connectivity index (χ1n) is 14.0. The maximum absolute atomic E-state index is 13.2. The van der Waals surface area contributed by atoms with Crippen molar-refractivity contribution in [3.05, 3.63) is 61.0 Å². The monoisotopic (exact) mass is 566 g/mol. The number of benzene rings is 1. The number of hydrazine groups is 1. The second kappa shape index (κ2) is 15.1. The van der Waals surface area contributed by atoms with Crippen LogP contribution < -0.4 is 10.7 Å². The van der Waals surface area contributed by atoms with Crippen molar-refractivity contribution in [1.29, 1.82) is 0 Å². The fraction of sp³-hybridized carbons (Fsp3) is 0.484. The van der Waals surface area contributed by atoms with Gasteiger partial charge in [0.05, 0.1) is 11.7 Å². The molecule has 8 nitrogen and oxygen atoms in total. The van der Waals surface area contributed by atoms with Gasteiger partial charge in [0.15, 0.2) is 0 Å². The molecule has 40 heavy (non-hydrogen) atoms. The molecular formula is C31H42N4O4S. The lowest BCUT2D eigenvalue weighted by atomic mass is 10.1. The highest BCUT2D eigenvalue weighted by Crippen LogP contribution is 2.32. The van der Waals surface area contributed by atoms with Gasteiger partial charge in [0, 0.05) is 30.0 Å². The second-order valence-corrected chi connectivity index (χ2v) is 11.9. The number of pyridine rings is 1. The highest BCUT2D eigenvalue weighted by Gasteiger charge is 2.33. The molecule has 1 aromatic carbocycles. The van der Waals surface area contributed by atoms with Crippen molar-refractivity contribution >= 4 is 45.5 Å². The Morgan fingerprint density at radius 3 is 2.67 bits per heavy atom. The van der Waals surface area contributed by atoms with Gasteiger partial charge in [-0.1, -0.05) is 50.4 Å². The number of rotatable bonds is 13. The lowest BCUT2D eigenvalue weighted by molar-refractivity contribution is -0.145. The Morgan fingerprint density at radius 2 is 1.98 bits per heavy atom. The maximum Gasteiger partial charge on any atom is 0.258 e. The summed E-state index contributed by atoms with van der Waals surface area (Å²) in [6, 6.07) is 6.85. The Kier molecular flexibility index (Phi) is 11.9. The number of thioether (sulfide) groups is 1. The lowest BCUT2D eigenvalue weighted by Crippen LogP contribution is -2.59. The Labute approximate surface area is 242 Å². The van der Waals surface area contributed by atoms with E-state index < -0.39 is 18.2 Å². The molecule has 2 aromatic rings.